The van der Waals surface area contributed by atoms with Crippen molar-refractivity contribution < 1.29 is 4.74 Å². The van der Waals surface area contributed by atoms with Gasteiger partial charge in [-0.15, -0.1) is 0 Å². The summed E-state index contributed by atoms with van der Waals surface area (Å²) in [4.78, 5) is 0. The second kappa shape index (κ2) is 5.06. The van der Waals surface area contributed by atoms with Crippen LogP contribution in [0.2, 0.25) is 10.0 Å². The first-order valence-corrected chi connectivity index (χ1v) is 5.58. The van der Waals surface area contributed by atoms with Crippen molar-refractivity contribution in [1.29, 1.82) is 0 Å². The number of hydrogen-bond acceptors (Lipinski definition) is 2. The van der Waals surface area contributed by atoms with E-state index in [0.717, 1.165) is 5.56 Å². The first-order valence-electron chi connectivity index (χ1n) is 4.83. The fraction of sp³-hybridized carbons (Fsp3) is 0.455. The molecule has 1 atom stereocenters. The van der Waals surface area contributed by atoms with Crippen LogP contribution < -0.4 is 10.5 Å². The van der Waals surface area contributed by atoms with Crippen molar-refractivity contribution in [3.8, 4) is 5.75 Å². The molecular weight excluding hydrogens is 233 g/mol. The van der Waals surface area contributed by atoms with Crippen LogP contribution in [0.5, 0.6) is 5.75 Å². The van der Waals surface area contributed by atoms with E-state index in [1.807, 2.05) is 20.8 Å². The number of ether oxygens (including phenoxy) is 1. The molecule has 1 aromatic carbocycles. The Labute approximate surface area is 100 Å². The van der Waals surface area contributed by atoms with Gasteiger partial charge in [-0.05, 0) is 26.8 Å². The summed E-state index contributed by atoms with van der Waals surface area (Å²) in [6, 6.07) is 3.34. The highest BCUT2D eigenvalue weighted by atomic mass is 35.5. The second-order valence-electron chi connectivity index (χ2n) is 3.76. The predicted molar refractivity (Wildman–Crippen MR) is 64.8 cm³/mol. The summed E-state index contributed by atoms with van der Waals surface area (Å²) >= 11 is 11.8. The molecule has 0 heterocycles. The van der Waals surface area contributed by atoms with Gasteiger partial charge in [0.2, 0.25) is 0 Å². The highest BCUT2D eigenvalue weighted by molar-refractivity contribution is 6.42. The third kappa shape index (κ3) is 3.26. The lowest BCUT2D eigenvalue weighted by Gasteiger charge is -2.17. The van der Waals surface area contributed by atoms with E-state index in [0.29, 0.717) is 15.8 Å². The third-order valence-electron chi connectivity index (χ3n) is 1.91. The van der Waals surface area contributed by atoms with Gasteiger partial charge >= 0.3 is 0 Å². The quantitative estimate of drug-likeness (QED) is 0.882. The summed E-state index contributed by atoms with van der Waals surface area (Å²) in [5.74, 6) is 0.703. The molecule has 0 saturated carbocycles. The van der Waals surface area contributed by atoms with Gasteiger partial charge in [-0.25, -0.2) is 0 Å². The zero-order valence-electron chi connectivity index (χ0n) is 9.05. The van der Waals surface area contributed by atoms with E-state index >= 15 is 0 Å². The largest absolute Gasteiger partial charge is 0.491 e. The van der Waals surface area contributed by atoms with Crippen LogP contribution in [0.4, 0.5) is 0 Å². The molecule has 0 fully saturated rings. The Morgan fingerprint density at radius 1 is 1.13 bits per heavy atom. The van der Waals surface area contributed by atoms with Crippen LogP contribution in [0, 0.1) is 0 Å². The van der Waals surface area contributed by atoms with Crippen molar-refractivity contribution >= 4 is 23.2 Å². The molecule has 1 rings (SSSR count). The zero-order valence-corrected chi connectivity index (χ0v) is 10.6. The fourth-order valence-electron chi connectivity index (χ4n) is 1.26. The molecule has 0 aromatic heterocycles. The van der Waals surface area contributed by atoms with Gasteiger partial charge in [-0.3, -0.25) is 0 Å². The monoisotopic (exact) mass is 247 g/mol. The van der Waals surface area contributed by atoms with Gasteiger partial charge in [0, 0.05) is 17.7 Å². The Kier molecular flexibility index (Phi) is 4.26. The molecule has 0 aliphatic carbocycles. The maximum absolute atomic E-state index is 5.92. The van der Waals surface area contributed by atoms with E-state index < -0.39 is 0 Å². The van der Waals surface area contributed by atoms with E-state index in [2.05, 4.69) is 0 Å². The van der Waals surface area contributed by atoms with Gasteiger partial charge < -0.3 is 10.5 Å². The maximum Gasteiger partial charge on any atom is 0.126 e. The Morgan fingerprint density at radius 3 is 2.13 bits per heavy atom. The Balaban J connectivity index is 3.16. The molecule has 0 aliphatic rings. The van der Waals surface area contributed by atoms with Crippen LogP contribution in [-0.2, 0) is 0 Å². The van der Waals surface area contributed by atoms with Crippen LogP contribution in [0.1, 0.15) is 32.4 Å². The minimum absolute atomic E-state index is 0.0831. The summed E-state index contributed by atoms with van der Waals surface area (Å²) < 4.78 is 5.62. The van der Waals surface area contributed by atoms with E-state index in [4.69, 9.17) is 33.7 Å². The smallest absolute Gasteiger partial charge is 0.126 e. The SMILES string of the molecule is CC(C)Oc1cc(Cl)c(Cl)cc1C(C)N. The number of rotatable bonds is 3. The summed E-state index contributed by atoms with van der Waals surface area (Å²) in [5, 5.41) is 0.983. The molecule has 0 saturated heterocycles. The Hall–Kier alpha value is -0.440. The van der Waals surface area contributed by atoms with Crippen molar-refractivity contribution in [3.05, 3.63) is 27.7 Å². The maximum atomic E-state index is 5.92. The third-order valence-corrected chi connectivity index (χ3v) is 2.63. The van der Waals surface area contributed by atoms with E-state index in [1.165, 1.54) is 0 Å². The first-order chi connectivity index (χ1) is 6.91. The predicted octanol–water partition coefficient (Wildman–Crippen LogP) is 3.80. The second-order valence-corrected chi connectivity index (χ2v) is 4.57. The van der Waals surface area contributed by atoms with Gasteiger partial charge in [0.15, 0.2) is 0 Å². The van der Waals surface area contributed by atoms with Gasteiger partial charge in [-0.1, -0.05) is 23.2 Å². The lowest BCUT2D eigenvalue weighted by molar-refractivity contribution is 0.239. The number of halogens is 2. The molecule has 2 nitrogen and oxygen atoms in total. The summed E-state index contributed by atoms with van der Waals surface area (Å²) in [6.07, 6.45) is 0.0831. The number of nitrogens with two attached hydrogens (primary N) is 1. The van der Waals surface area contributed by atoms with E-state index in [1.54, 1.807) is 12.1 Å². The van der Waals surface area contributed by atoms with Crippen LogP contribution in [-0.4, -0.2) is 6.10 Å². The van der Waals surface area contributed by atoms with Gasteiger partial charge in [-0.2, -0.15) is 0 Å². The van der Waals surface area contributed by atoms with Crippen molar-refractivity contribution in [3.63, 3.8) is 0 Å². The summed E-state index contributed by atoms with van der Waals surface area (Å²) in [5.41, 5.74) is 6.70. The molecule has 15 heavy (non-hydrogen) atoms. The molecule has 0 radical (unpaired) electrons. The minimum atomic E-state index is -0.131. The van der Waals surface area contributed by atoms with Crippen molar-refractivity contribution in [2.24, 2.45) is 5.73 Å². The van der Waals surface area contributed by atoms with Gasteiger partial charge in [0.1, 0.15) is 5.75 Å². The highest BCUT2D eigenvalue weighted by Gasteiger charge is 2.13. The van der Waals surface area contributed by atoms with Crippen LogP contribution >= 0.6 is 23.2 Å². The molecular formula is C11H15Cl2NO. The Morgan fingerprint density at radius 2 is 1.67 bits per heavy atom. The molecule has 0 bridgehead atoms. The number of hydrogen-bond donors (Lipinski definition) is 1. The van der Waals surface area contributed by atoms with Gasteiger partial charge in [0.05, 0.1) is 16.1 Å². The average Bonchev–Trinajstić information content (AvgIpc) is 2.09. The minimum Gasteiger partial charge on any atom is -0.491 e. The Bertz CT molecular complexity index is 351. The van der Waals surface area contributed by atoms with E-state index in [-0.39, 0.29) is 12.1 Å². The van der Waals surface area contributed by atoms with Crippen molar-refractivity contribution in [2.45, 2.75) is 32.9 Å². The zero-order chi connectivity index (χ0) is 11.6. The fourth-order valence-corrected chi connectivity index (χ4v) is 1.58. The lowest BCUT2D eigenvalue weighted by atomic mass is 10.1. The molecule has 0 amide bonds. The van der Waals surface area contributed by atoms with Crippen molar-refractivity contribution in [1.82, 2.24) is 0 Å². The normalized spacial score (nSPS) is 13.0. The van der Waals surface area contributed by atoms with Crippen LogP contribution in [0.15, 0.2) is 12.1 Å². The molecule has 4 heteroatoms. The molecule has 84 valence electrons. The molecule has 0 spiro atoms. The molecule has 1 unspecified atom stereocenters. The molecule has 1 aromatic rings. The molecule has 2 N–H and O–H groups in total. The average molecular weight is 248 g/mol. The van der Waals surface area contributed by atoms with Crippen LogP contribution in [0.3, 0.4) is 0 Å². The number of benzene rings is 1. The topological polar surface area (TPSA) is 35.2 Å². The first kappa shape index (κ1) is 12.6. The standard InChI is InChI=1S/C11H15Cl2NO/c1-6(2)15-11-5-10(13)9(12)4-8(11)7(3)14/h4-7H,14H2,1-3H3. The lowest BCUT2D eigenvalue weighted by Crippen LogP contribution is -2.12. The molecule has 0 aliphatic heterocycles. The van der Waals surface area contributed by atoms with Crippen molar-refractivity contribution in [2.75, 3.05) is 0 Å². The summed E-state index contributed by atoms with van der Waals surface area (Å²) in [6.45, 7) is 5.79. The van der Waals surface area contributed by atoms with Gasteiger partial charge in [0.25, 0.3) is 0 Å². The van der Waals surface area contributed by atoms with Crippen LogP contribution in [0.25, 0.3) is 0 Å². The van der Waals surface area contributed by atoms with E-state index in [9.17, 15) is 0 Å². The summed E-state index contributed by atoms with van der Waals surface area (Å²) in [7, 11) is 0. The highest BCUT2D eigenvalue weighted by Crippen LogP contribution is 2.33.